The zero-order chi connectivity index (χ0) is 11.1. The molecule has 3 nitrogen and oxygen atoms in total. The highest BCUT2D eigenvalue weighted by Crippen LogP contribution is 2.13. The highest BCUT2D eigenvalue weighted by atomic mass is 32.1. The van der Waals surface area contributed by atoms with Crippen LogP contribution in [0, 0.1) is 18.3 Å². The Morgan fingerprint density at radius 2 is 2.33 bits per heavy atom. The van der Waals surface area contributed by atoms with Gasteiger partial charge in [0.2, 0.25) is 0 Å². The van der Waals surface area contributed by atoms with E-state index < -0.39 is 0 Å². The molecule has 0 bridgehead atoms. The Labute approximate surface area is 93.7 Å². The van der Waals surface area contributed by atoms with Crippen molar-refractivity contribution in [3.05, 3.63) is 21.9 Å². The molecule has 0 aliphatic rings. The summed E-state index contributed by atoms with van der Waals surface area (Å²) in [6, 6.07) is 2.08. The van der Waals surface area contributed by atoms with Crippen molar-refractivity contribution in [2.45, 2.75) is 26.2 Å². The van der Waals surface area contributed by atoms with Gasteiger partial charge in [-0.05, 0) is 30.7 Å². The largest absolute Gasteiger partial charge is 0.352 e. The van der Waals surface area contributed by atoms with Gasteiger partial charge >= 0.3 is 0 Å². The van der Waals surface area contributed by atoms with Crippen molar-refractivity contribution in [1.82, 2.24) is 5.32 Å². The van der Waals surface area contributed by atoms with E-state index in [0.29, 0.717) is 13.0 Å². The number of nitrogens with one attached hydrogen (secondary N) is 1. The molecule has 1 N–H and O–H groups in total. The average molecular weight is 222 g/mol. The monoisotopic (exact) mass is 222 g/mol. The molecule has 0 unspecified atom stereocenters. The molecule has 0 atom stereocenters. The molecule has 1 amide bonds. The third-order valence-corrected chi connectivity index (χ3v) is 2.96. The van der Waals surface area contributed by atoms with Crippen LogP contribution in [0.3, 0.4) is 0 Å². The Kier molecular flexibility index (Phi) is 4.85. The lowest BCUT2D eigenvalue weighted by atomic mass is 10.2. The Morgan fingerprint density at radius 3 is 2.93 bits per heavy atom. The van der Waals surface area contributed by atoms with Crippen molar-refractivity contribution < 1.29 is 4.79 Å². The number of carbonyl (C=O) groups is 1. The molecule has 0 aliphatic carbocycles. The molecule has 1 aromatic rings. The van der Waals surface area contributed by atoms with Crippen molar-refractivity contribution in [1.29, 1.82) is 5.26 Å². The molecule has 0 radical (unpaired) electrons. The van der Waals surface area contributed by atoms with Gasteiger partial charge in [-0.1, -0.05) is 0 Å². The molecule has 0 saturated heterocycles. The highest BCUT2D eigenvalue weighted by molar-refractivity contribution is 7.08. The maximum Gasteiger partial charge on any atom is 0.252 e. The number of rotatable bonds is 5. The van der Waals surface area contributed by atoms with Gasteiger partial charge in [-0.2, -0.15) is 16.6 Å². The quantitative estimate of drug-likeness (QED) is 0.778. The molecular formula is C11H14N2OS. The number of unbranched alkanes of at least 4 members (excludes halogenated alkanes) is 2. The second-order valence-corrected chi connectivity index (χ2v) is 4.08. The van der Waals surface area contributed by atoms with Gasteiger partial charge in [0.15, 0.2) is 0 Å². The summed E-state index contributed by atoms with van der Waals surface area (Å²) in [5.41, 5.74) is 1.79. The van der Waals surface area contributed by atoms with Crippen LogP contribution >= 0.6 is 11.3 Å². The van der Waals surface area contributed by atoms with Gasteiger partial charge in [-0.15, -0.1) is 0 Å². The first-order valence-electron chi connectivity index (χ1n) is 4.93. The van der Waals surface area contributed by atoms with Crippen molar-refractivity contribution in [3.63, 3.8) is 0 Å². The summed E-state index contributed by atoms with van der Waals surface area (Å²) in [6.07, 6.45) is 2.27. The smallest absolute Gasteiger partial charge is 0.252 e. The summed E-state index contributed by atoms with van der Waals surface area (Å²) in [6.45, 7) is 2.58. The van der Waals surface area contributed by atoms with Crippen LogP contribution in [0.2, 0.25) is 0 Å². The molecule has 15 heavy (non-hydrogen) atoms. The van der Waals surface area contributed by atoms with E-state index in [-0.39, 0.29) is 5.91 Å². The number of carbonyl (C=O) groups excluding carboxylic acids is 1. The number of hydrogen-bond acceptors (Lipinski definition) is 3. The van der Waals surface area contributed by atoms with Crippen LogP contribution in [-0.2, 0) is 0 Å². The summed E-state index contributed by atoms with van der Waals surface area (Å²) in [5, 5.41) is 15.0. The third-order valence-electron chi connectivity index (χ3n) is 2.10. The van der Waals surface area contributed by atoms with E-state index in [1.807, 2.05) is 17.7 Å². The molecule has 0 aromatic carbocycles. The summed E-state index contributed by atoms with van der Waals surface area (Å²) in [5.74, 6) is -0.00860. The van der Waals surface area contributed by atoms with Crippen LogP contribution in [0.25, 0.3) is 0 Å². The fraction of sp³-hybridized carbons (Fsp3) is 0.455. The predicted molar refractivity (Wildman–Crippen MR) is 60.9 cm³/mol. The van der Waals surface area contributed by atoms with Gasteiger partial charge in [-0.3, -0.25) is 4.79 Å². The molecule has 0 fully saturated rings. The van der Waals surface area contributed by atoms with Gasteiger partial charge in [0.25, 0.3) is 5.91 Å². The van der Waals surface area contributed by atoms with Crippen LogP contribution in [-0.4, -0.2) is 12.5 Å². The molecule has 0 saturated carbocycles. The van der Waals surface area contributed by atoms with Gasteiger partial charge in [0.1, 0.15) is 0 Å². The van der Waals surface area contributed by atoms with Gasteiger partial charge in [0, 0.05) is 18.3 Å². The minimum atomic E-state index is -0.00860. The fourth-order valence-electron chi connectivity index (χ4n) is 1.22. The molecule has 4 heteroatoms. The van der Waals surface area contributed by atoms with E-state index in [1.54, 1.807) is 0 Å². The van der Waals surface area contributed by atoms with Crippen molar-refractivity contribution in [2.75, 3.05) is 6.54 Å². The lowest BCUT2D eigenvalue weighted by Crippen LogP contribution is -2.24. The molecule has 80 valence electrons. The average Bonchev–Trinajstić information content (AvgIpc) is 2.64. The highest BCUT2D eigenvalue weighted by Gasteiger charge is 2.08. The SMILES string of the molecule is Cc1cscc1C(=O)NCCCCC#N. The van der Waals surface area contributed by atoms with Gasteiger partial charge in [-0.25, -0.2) is 0 Å². The number of nitriles is 1. The first-order chi connectivity index (χ1) is 7.25. The van der Waals surface area contributed by atoms with Gasteiger partial charge < -0.3 is 5.32 Å². The summed E-state index contributed by atoms with van der Waals surface area (Å²) in [7, 11) is 0. The number of hydrogen-bond donors (Lipinski definition) is 1. The number of nitrogens with zero attached hydrogens (tertiary/aromatic N) is 1. The van der Waals surface area contributed by atoms with E-state index in [2.05, 4.69) is 11.4 Å². The topological polar surface area (TPSA) is 52.9 Å². The number of aryl methyl sites for hydroxylation is 1. The van der Waals surface area contributed by atoms with Crippen molar-refractivity contribution in [3.8, 4) is 6.07 Å². The van der Waals surface area contributed by atoms with Crippen LogP contribution < -0.4 is 5.32 Å². The van der Waals surface area contributed by atoms with Crippen molar-refractivity contribution in [2.24, 2.45) is 0 Å². The second kappa shape index (κ2) is 6.20. The Balaban J connectivity index is 2.26. The number of amides is 1. The fourth-order valence-corrected chi connectivity index (χ4v) is 2.05. The summed E-state index contributed by atoms with van der Waals surface area (Å²) >= 11 is 1.54. The van der Waals surface area contributed by atoms with E-state index in [9.17, 15) is 4.79 Å². The second-order valence-electron chi connectivity index (χ2n) is 3.34. The normalized spacial score (nSPS) is 9.60. The maximum atomic E-state index is 11.6. The van der Waals surface area contributed by atoms with E-state index >= 15 is 0 Å². The Bertz CT molecular complexity index is 365. The van der Waals surface area contributed by atoms with Crippen LogP contribution in [0.5, 0.6) is 0 Å². The zero-order valence-corrected chi connectivity index (χ0v) is 9.56. The molecule has 0 aliphatic heterocycles. The third kappa shape index (κ3) is 3.72. The van der Waals surface area contributed by atoms with Crippen LogP contribution in [0.4, 0.5) is 0 Å². The maximum absolute atomic E-state index is 11.6. The summed E-state index contributed by atoms with van der Waals surface area (Å²) in [4.78, 5) is 11.6. The summed E-state index contributed by atoms with van der Waals surface area (Å²) < 4.78 is 0. The van der Waals surface area contributed by atoms with Crippen LogP contribution in [0.1, 0.15) is 35.2 Å². The standard InChI is InChI=1S/C11H14N2OS/c1-9-7-15-8-10(9)11(14)13-6-4-2-3-5-12/h7-8H,2-4,6H2,1H3,(H,13,14). The van der Waals surface area contributed by atoms with Gasteiger partial charge in [0.05, 0.1) is 11.6 Å². The first-order valence-corrected chi connectivity index (χ1v) is 5.88. The number of thiophene rings is 1. The first kappa shape index (κ1) is 11.7. The van der Waals surface area contributed by atoms with E-state index in [1.165, 1.54) is 11.3 Å². The molecule has 1 aromatic heterocycles. The molecular weight excluding hydrogens is 208 g/mol. The zero-order valence-electron chi connectivity index (χ0n) is 8.75. The molecule has 1 heterocycles. The predicted octanol–water partition coefficient (Wildman–Crippen LogP) is 2.48. The lowest BCUT2D eigenvalue weighted by Gasteiger charge is -2.03. The lowest BCUT2D eigenvalue weighted by molar-refractivity contribution is 0.0953. The van der Waals surface area contributed by atoms with Crippen molar-refractivity contribution >= 4 is 17.2 Å². The molecule has 0 spiro atoms. The van der Waals surface area contributed by atoms with Crippen LogP contribution in [0.15, 0.2) is 10.8 Å². The minimum absolute atomic E-state index is 0.00860. The molecule has 1 rings (SSSR count). The van der Waals surface area contributed by atoms with E-state index in [0.717, 1.165) is 24.0 Å². The van der Waals surface area contributed by atoms with E-state index in [4.69, 9.17) is 5.26 Å². The minimum Gasteiger partial charge on any atom is -0.352 e. The Hall–Kier alpha value is -1.34. The Morgan fingerprint density at radius 1 is 1.53 bits per heavy atom.